The molecule has 0 aliphatic carbocycles. The maximum absolute atomic E-state index is 9.93. The molecule has 17 heavy (non-hydrogen) atoms. The summed E-state index contributed by atoms with van der Waals surface area (Å²) in [4.78, 5) is 0. The lowest BCUT2D eigenvalue weighted by molar-refractivity contribution is 0.113. The second kappa shape index (κ2) is 7.11. The smallest absolute Gasteiger partial charge is 0.0914 e. The third-order valence-electron chi connectivity index (χ3n) is 2.69. The fourth-order valence-corrected chi connectivity index (χ4v) is 1.85. The lowest BCUT2D eigenvalue weighted by Gasteiger charge is -2.17. The van der Waals surface area contributed by atoms with E-state index in [1.165, 1.54) is 0 Å². The molecule has 0 fully saturated rings. The van der Waals surface area contributed by atoms with E-state index in [0.717, 1.165) is 10.0 Å². The van der Waals surface area contributed by atoms with Crippen molar-refractivity contribution in [3.63, 3.8) is 0 Å². The van der Waals surface area contributed by atoms with Gasteiger partial charge in [-0.05, 0) is 23.6 Å². The van der Waals surface area contributed by atoms with Crippen LogP contribution in [0.4, 0.5) is 0 Å². The average Bonchev–Trinajstić information content (AvgIpc) is 2.28. The zero-order chi connectivity index (χ0) is 12.8. The highest BCUT2D eigenvalue weighted by molar-refractivity contribution is 9.10. The molecule has 0 heterocycles. The molecule has 4 heteroatoms. The van der Waals surface area contributed by atoms with E-state index in [4.69, 9.17) is 0 Å². The molecule has 1 rings (SSSR count). The van der Waals surface area contributed by atoms with Gasteiger partial charge in [-0.1, -0.05) is 41.9 Å². The Kier molecular flexibility index (Phi) is 6.12. The number of rotatable bonds is 6. The number of hydrogen-bond donors (Lipinski definition) is 3. The molecule has 0 spiro atoms. The zero-order valence-corrected chi connectivity index (χ0v) is 11.8. The maximum atomic E-state index is 9.93. The van der Waals surface area contributed by atoms with Gasteiger partial charge in [0.15, 0.2) is 0 Å². The van der Waals surface area contributed by atoms with Gasteiger partial charge in [0.05, 0.1) is 12.2 Å². The van der Waals surface area contributed by atoms with Crippen molar-refractivity contribution in [3.8, 4) is 0 Å². The van der Waals surface area contributed by atoms with Crippen LogP contribution in [0.5, 0.6) is 0 Å². The molecule has 1 aromatic rings. The summed E-state index contributed by atoms with van der Waals surface area (Å²) in [6.45, 7) is 4.89. The number of hydrogen-bond acceptors (Lipinski definition) is 3. The largest absolute Gasteiger partial charge is 0.392 e. The van der Waals surface area contributed by atoms with Crippen LogP contribution in [0.1, 0.15) is 25.5 Å². The van der Waals surface area contributed by atoms with Gasteiger partial charge in [0.1, 0.15) is 0 Å². The molecule has 0 aromatic heterocycles. The van der Waals surface area contributed by atoms with Crippen LogP contribution in [0.2, 0.25) is 0 Å². The summed E-state index contributed by atoms with van der Waals surface area (Å²) in [5, 5.41) is 22.6. The minimum atomic E-state index is -0.549. The van der Waals surface area contributed by atoms with Crippen LogP contribution in [-0.2, 0) is 0 Å². The fourth-order valence-electron chi connectivity index (χ4n) is 1.44. The Labute approximate surface area is 111 Å². The van der Waals surface area contributed by atoms with Crippen molar-refractivity contribution in [1.82, 2.24) is 5.32 Å². The number of aliphatic hydroxyl groups excluding tert-OH is 2. The molecule has 1 aromatic carbocycles. The first-order chi connectivity index (χ1) is 8.00. The monoisotopic (exact) mass is 301 g/mol. The summed E-state index contributed by atoms with van der Waals surface area (Å²) in [7, 11) is 0. The summed E-state index contributed by atoms with van der Waals surface area (Å²) in [6, 6.07) is 7.60. The summed E-state index contributed by atoms with van der Waals surface area (Å²) in [6.07, 6.45) is -0.920. The minimum Gasteiger partial charge on any atom is -0.392 e. The normalized spacial score (nSPS) is 14.9. The van der Waals surface area contributed by atoms with Crippen LogP contribution in [-0.4, -0.2) is 29.4 Å². The third-order valence-corrected chi connectivity index (χ3v) is 3.19. The highest BCUT2D eigenvalue weighted by atomic mass is 79.9. The molecule has 0 radical (unpaired) electrons. The second-order valence-corrected chi connectivity index (χ2v) is 5.46. The van der Waals surface area contributed by atoms with E-state index in [1.807, 2.05) is 38.1 Å². The van der Waals surface area contributed by atoms with Crippen LogP contribution in [0.3, 0.4) is 0 Å². The third kappa shape index (κ3) is 5.17. The van der Waals surface area contributed by atoms with Gasteiger partial charge in [0, 0.05) is 17.6 Å². The number of halogens is 1. The Morgan fingerprint density at radius 1 is 1.24 bits per heavy atom. The van der Waals surface area contributed by atoms with Gasteiger partial charge in [-0.2, -0.15) is 0 Å². The molecular formula is C13H20BrNO2. The molecule has 3 N–H and O–H groups in total. The highest BCUT2D eigenvalue weighted by Crippen LogP contribution is 2.17. The van der Waals surface area contributed by atoms with Gasteiger partial charge in [0.2, 0.25) is 0 Å². The number of nitrogens with one attached hydrogen (secondary N) is 1. The Hall–Kier alpha value is -0.420. The number of aliphatic hydroxyl groups is 2. The minimum absolute atomic E-state index is 0.227. The fraction of sp³-hybridized carbons (Fsp3) is 0.538. The topological polar surface area (TPSA) is 52.5 Å². The molecule has 2 atom stereocenters. The maximum Gasteiger partial charge on any atom is 0.0914 e. The molecule has 96 valence electrons. The predicted octanol–water partition coefficient (Wildman–Crippen LogP) is 2.09. The van der Waals surface area contributed by atoms with Crippen LogP contribution in [0, 0.1) is 5.92 Å². The Morgan fingerprint density at radius 3 is 2.53 bits per heavy atom. The van der Waals surface area contributed by atoms with E-state index in [2.05, 4.69) is 21.2 Å². The average molecular weight is 302 g/mol. The summed E-state index contributed by atoms with van der Waals surface area (Å²) < 4.78 is 0.955. The van der Waals surface area contributed by atoms with Crippen molar-refractivity contribution in [1.29, 1.82) is 0 Å². The first-order valence-corrected chi connectivity index (χ1v) is 6.62. The zero-order valence-electron chi connectivity index (χ0n) is 10.2. The molecule has 0 bridgehead atoms. The van der Waals surface area contributed by atoms with E-state index in [9.17, 15) is 10.2 Å². The van der Waals surface area contributed by atoms with E-state index in [1.54, 1.807) is 0 Å². The van der Waals surface area contributed by atoms with Gasteiger partial charge in [-0.15, -0.1) is 0 Å². The standard InChI is InChI=1S/C13H20BrNO2/c1-9(2)12(16)7-15-8-13(17)10-4-3-5-11(14)6-10/h3-6,9,12-13,15-17H,7-8H2,1-2H3. The van der Waals surface area contributed by atoms with Gasteiger partial charge in [-0.25, -0.2) is 0 Å². The lowest BCUT2D eigenvalue weighted by atomic mass is 10.1. The second-order valence-electron chi connectivity index (χ2n) is 4.54. The molecule has 0 aliphatic rings. The predicted molar refractivity (Wildman–Crippen MR) is 72.8 cm³/mol. The SMILES string of the molecule is CC(C)C(O)CNCC(O)c1cccc(Br)c1. The molecule has 0 amide bonds. The molecule has 0 saturated heterocycles. The molecule has 0 saturated carbocycles. The summed E-state index contributed by atoms with van der Waals surface area (Å²) >= 11 is 3.37. The first kappa shape index (κ1) is 14.6. The Bertz CT molecular complexity index is 344. The van der Waals surface area contributed by atoms with Crippen molar-refractivity contribution in [3.05, 3.63) is 34.3 Å². The van der Waals surface area contributed by atoms with Gasteiger partial charge in [0.25, 0.3) is 0 Å². The molecule has 2 unspecified atom stereocenters. The number of benzene rings is 1. The summed E-state index contributed by atoms with van der Waals surface area (Å²) in [5.74, 6) is 0.227. The van der Waals surface area contributed by atoms with Crippen LogP contribution in [0.15, 0.2) is 28.7 Å². The molecule has 0 aliphatic heterocycles. The van der Waals surface area contributed by atoms with E-state index in [-0.39, 0.29) is 12.0 Å². The van der Waals surface area contributed by atoms with Gasteiger partial charge >= 0.3 is 0 Å². The van der Waals surface area contributed by atoms with Crippen LogP contribution in [0.25, 0.3) is 0 Å². The van der Waals surface area contributed by atoms with Crippen molar-refractivity contribution < 1.29 is 10.2 Å². The van der Waals surface area contributed by atoms with Crippen LogP contribution < -0.4 is 5.32 Å². The van der Waals surface area contributed by atoms with Gasteiger partial charge < -0.3 is 15.5 Å². The highest BCUT2D eigenvalue weighted by Gasteiger charge is 2.11. The lowest BCUT2D eigenvalue weighted by Crippen LogP contribution is -2.33. The van der Waals surface area contributed by atoms with Crippen LogP contribution >= 0.6 is 15.9 Å². The van der Waals surface area contributed by atoms with Crippen molar-refractivity contribution in [2.45, 2.75) is 26.1 Å². The van der Waals surface area contributed by atoms with Crippen molar-refractivity contribution in [2.75, 3.05) is 13.1 Å². The quantitative estimate of drug-likeness (QED) is 0.754. The van der Waals surface area contributed by atoms with E-state index >= 15 is 0 Å². The Balaban J connectivity index is 2.37. The first-order valence-electron chi connectivity index (χ1n) is 5.83. The van der Waals surface area contributed by atoms with E-state index in [0.29, 0.717) is 13.1 Å². The summed E-state index contributed by atoms with van der Waals surface area (Å²) in [5.41, 5.74) is 0.867. The molecule has 3 nitrogen and oxygen atoms in total. The van der Waals surface area contributed by atoms with Crippen molar-refractivity contribution >= 4 is 15.9 Å². The van der Waals surface area contributed by atoms with E-state index < -0.39 is 6.10 Å². The Morgan fingerprint density at radius 2 is 1.94 bits per heavy atom. The van der Waals surface area contributed by atoms with Gasteiger partial charge in [-0.3, -0.25) is 0 Å². The molecular weight excluding hydrogens is 282 g/mol. The van der Waals surface area contributed by atoms with Crippen molar-refractivity contribution in [2.24, 2.45) is 5.92 Å².